The van der Waals surface area contributed by atoms with Crippen LogP contribution in [-0.4, -0.2) is 54.5 Å². The van der Waals surface area contributed by atoms with Gasteiger partial charge in [-0.15, -0.1) is 0 Å². The molecule has 4 nitrogen and oxygen atoms in total. The van der Waals surface area contributed by atoms with Gasteiger partial charge in [0.15, 0.2) is 0 Å². The van der Waals surface area contributed by atoms with Crippen molar-refractivity contribution in [1.29, 1.82) is 0 Å². The van der Waals surface area contributed by atoms with Crippen molar-refractivity contribution in [2.24, 2.45) is 0 Å². The van der Waals surface area contributed by atoms with Gasteiger partial charge in [0.05, 0.1) is 5.56 Å². The fraction of sp³-hybridized carbons (Fsp3) is 0.588. The molecule has 1 fully saturated rings. The quantitative estimate of drug-likeness (QED) is 0.905. The smallest absolute Gasteiger partial charge is 0.256 e. The summed E-state index contributed by atoms with van der Waals surface area (Å²) in [6, 6.07) is 8.39. The summed E-state index contributed by atoms with van der Waals surface area (Å²) in [6.07, 6.45) is 1.05. The zero-order valence-corrected chi connectivity index (χ0v) is 13.4. The van der Waals surface area contributed by atoms with E-state index in [2.05, 4.69) is 31.0 Å². The molecular formula is C17H27N3O. The van der Waals surface area contributed by atoms with E-state index in [0.29, 0.717) is 6.04 Å². The molecule has 0 saturated carbocycles. The Morgan fingerprint density at radius 1 is 1.19 bits per heavy atom. The molecule has 0 aromatic heterocycles. The van der Waals surface area contributed by atoms with Crippen molar-refractivity contribution < 1.29 is 4.79 Å². The number of carbonyl (C=O) groups is 1. The highest BCUT2D eigenvalue weighted by Crippen LogP contribution is 2.18. The fourth-order valence-electron chi connectivity index (χ4n) is 2.70. The summed E-state index contributed by atoms with van der Waals surface area (Å²) in [5.41, 5.74) is 1.75. The number of hydrogen-bond acceptors (Lipinski definition) is 3. The zero-order valence-electron chi connectivity index (χ0n) is 13.4. The second-order valence-corrected chi connectivity index (χ2v) is 5.89. The van der Waals surface area contributed by atoms with Crippen molar-refractivity contribution in [1.82, 2.24) is 9.80 Å². The van der Waals surface area contributed by atoms with E-state index in [1.54, 1.807) is 0 Å². The molecule has 21 heavy (non-hydrogen) atoms. The van der Waals surface area contributed by atoms with Gasteiger partial charge in [0, 0.05) is 44.5 Å². The molecule has 1 N–H and O–H groups in total. The van der Waals surface area contributed by atoms with Gasteiger partial charge >= 0.3 is 0 Å². The molecule has 0 radical (unpaired) electrons. The van der Waals surface area contributed by atoms with Gasteiger partial charge in [-0.2, -0.15) is 0 Å². The molecule has 1 saturated heterocycles. The number of hydrogen-bond donors (Lipinski definition) is 1. The molecule has 1 aromatic carbocycles. The molecule has 0 bridgehead atoms. The summed E-state index contributed by atoms with van der Waals surface area (Å²) in [5.74, 6) is 0.151. The van der Waals surface area contributed by atoms with Crippen molar-refractivity contribution in [3.05, 3.63) is 29.8 Å². The summed E-state index contributed by atoms with van der Waals surface area (Å²) in [4.78, 5) is 17.1. The Morgan fingerprint density at radius 3 is 2.48 bits per heavy atom. The van der Waals surface area contributed by atoms with Crippen LogP contribution >= 0.6 is 0 Å². The maximum atomic E-state index is 12.7. The molecule has 116 valence electrons. The lowest BCUT2D eigenvalue weighted by molar-refractivity contribution is 0.0596. The molecule has 2 rings (SSSR count). The predicted octanol–water partition coefficient (Wildman–Crippen LogP) is 2.67. The van der Waals surface area contributed by atoms with E-state index in [4.69, 9.17) is 0 Å². The first kappa shape index (κ1) is 15.8. The monoisotopic (exact) mass is 289 g/mol. The Balaban J connectivity index is 2.04. The third-order valence-electron chi connectivity index (χ3n) is 4.05. The summed E-state index contributed by atoms with van der Waals surface area (Å²) in [6.45, 7) is 11.0. The Hall–Kier alpha value is -1.55. The number of para-hydroxylation sites is 1. The number of amides is 1. The molecule has 0 spiro atoms. The van der Waals surface area contributed by atoms with Gasteiger partial charge < -0.3 is 10.2 Å². The van der Waals surface area contributed by atoms with E-state index in [1.807, 2.05) is 29.2 Å². The molecule has 1 amide bonds. The Labute approximate surface area is 128 Å². The molecule has 4 heteroatoms. The minimum Gasteiger partial charge on any atom is -0.384 e. The highest BCUT2D eigenvalue weighted by Gasteiger charge is 2.24. The van der Waals surface area contributed by atoms with Crippen LogP contribution < -0.4 is 5.32 Å². The highest BCUT2D eigenvalue weighted by atomic mass is 16.2. The number of rotatable bonds is 5. The van der Waals surface area contributed by atoms with E-state index in [0.717, 1.165) is 50.4 Å². The van der Waals surface area contributed by atoms with E-state index in [-0.39, 0.29) is 5.91 Å². The third-order valence-corrected chi connectivity index (χ3v) is 4.05. The Bertz CT molecular complexity index is 465. The molecular weight excluding hydrogens is 262 g/mol. The summed E-state index contributed by atoms with van der Waals surface area (Å²) >= 11 is 0. The average molecular weight is 289 g/mol. The summed E-state index contributed by atoms with van der Waals surface area (Å²) in [7, 11) is 0. The van der Waals surface area contributed by atoms with Crippen LogP contribution in [0.15, 0.2) is 24.3 Å². The van der Waals surface area contributed by atoms with Crippen LogP contribution in [0.4, 0.5) is 5.69 Å². The largest absolute Gasteiger partial charge is 0.384 e. The van der Waals surface area contributed by atoms with Gasteiger partial charge in [-0.1, -0.05) is 19.1 Å². The fourth-order valence-corrected chi connectivity index (χ4v) is 2.70. The number of anilines is 1. The average Bonchev–Trinajstić information content (AvgIpc) is 2.52. The van der Waals surface area contributed by atoms with Gasteiger partial charge in [-0.25, -0.2) is 0 Å². The van der Waals surface area contributed by atoms with Crippen LogP contribution in [-0.2, 0) is 0 Å². The number of nitrogens with zero attached hydrogens (tertiary/aromatic N) is 2. The molecule has 1 aliphatic rings. The SMILES string of the molecule is CCCNc1ccccc1C(=O)N1CCN(C(C)C)CC1. The molecule has 0 aliphatic carbocycles. The second kappa shape index (κ2) is 7.46. The van der Waals surface area contributed by atoms with Gasteiger partial charge in [-0.05, 0) is 32.4 Å². The van der Waals surface area contributed by atoms with Gasteiger partial charge in [0.1, 0.15) is 0 Å². The van der Waals surface area contributed by atoms with Gasteiger partial charge in [0.2, 0.25) is 0 Å². The minimum absolute atomic E-state index is 0.151. The molecule has 0 atom stereocenters. The lowest BCUT2D eigenvalue weighted by Crippen LogP contribution is -2.50. The summed E-state index contributed by atoms with van der Waals surface area (Å²) in [5, 5.41) is 3.35. The van der Waals surface area contributed by atoms with Gasteiger partial charge in [0.25, 0.3) is 5.91 Å². The second-order valence-electron chi connectivity index (χ2n) is 5.89. The highest BCUT2D eigenvalue weighted by molar-refractivity contribution is 5.99. The van der Waals surface area contributed by atoms with Crippen LogP contribution in [0, 0.1) is 0 Å². The van der Waals surface area contributed by atoms with Crippen molar-refractivity contribution in [2.75, 3.05) is 38.0 Å². The Morgan fingerprint density at radius 2 is 1.86 bits per heavy atom. The first-order chi connectivity index (χ1) is 10.1. The summed E-state index contributed by atoms with van der Waals surface area (Å²) < 4.78 is 0. The molecule has 1 aromatic rings. The third kappa shape index (κ3) is 3.97. The van der Waals surface area contributed by atoms with Gasteiger partial charge in [-0.3, -0.25) is 9.69 Å². The van der Waals surface area contributed by atoms with Crippen LogP contribution in [0.25, 0.3) is 0 Å². The maximum absolute atomic E-state index is 12.7. The van der Waals surface area contributed by atoms with Crippen LogP contribution in [0.1, 0.15) is 37.6 Å². The Kier molecular flexibility index (Phi) is 5.62. The number of nitrogens with one attached hydrogen (secondary N) is 1. The van der Waals surface area contributed by atoms with Crippen LogP contribution in [0.2, 0.25) is 0 Å². The van der Waals surface area contributed by atoms with E-state index in [9.17, 15) is 4.79 Å². The van der Waals surface area contributed by atoms with Crippen molar-refractivity contribution in [3.63, 3.8) is 0 Å². The zero-order chi connectivity index (χ0) is 15.2. The maximum Gasteiger partial charge on any atom is 0.256 e. The van der Waals surface area contributed by atoms with Crippen molar-refractivity contribution >= 4 is 11.6 Å². The standard InChI is InChI=1S/C17H27N3O/c1-4-9-18-16-8-6-5-7-15(16)17(21)20-12-10-19(11-13-20)14(2)3/h5-8,14,18H,4,9-13H2,1-3H3. The number of piperazine rings is 1. The van der Waals surface area contributed by atoms with Crippen LogP contribution in [0.3, 0.4) is 0 Å². The minimum atomic E-state index is 0.151. The molecule has 1 heterocycles. The van der Waals surface area contributed by atoms with Crippen molar-refractivity contribution in [3.8, 4) is 0 Å². The molecule has 1 aliphatic heterocycles. The van der Waals surface area contributed by atoms with Crippen LogP contribution in [0.5, 0.6) is 0 Å². The van der Waals surface area contributed by atoms with Crippen molar-refractivity contribution in [2.45, 2.75) is 33.2 Å². The van der Waals surface area contributed by atoms with E-state index < -0.39 is 0 Å². The predicted molar refractivity (Wildman–Crippen MR) is 87.8 cm³/mol. The lowest BCUT2D eigenvalue weighted by Gasteiger charge is -2.37. The van der Waals surface area contributed by atoms with E-state index >= 15 is 0 Å². The molecule has 0 unspecified atom stereocenters. The number of benzene rings is 1. The first-order valence-corrected chi connectivity index (χ1v) is 7.99. The van der Waals surface area contributed by atoms with E-state index in [1.165, 1.54) is 0 Å². The topological polar surface area (TPSA) is 35.6 Å². The number of carbonyl (C=O) groups excluding carboxylic acids is 1. The lowest BCUT2D eigenvalue weighted by atomic mass is 10.1. The normalized spacial score (nSPS) is 16.3. The first-order valence-electron chi connectivity index (χ1n) is 7.99.